The predicted molar refractivity (Wildman–Crippen MR) is 90.9 cm³/mol. The summed E-state index contributed by atoms with van der Waals surface area (Å²) < 4.78 is 0.572. The summed E-state index contributed by atoms with van der Waals surface area (Å²) in [5.41, 5.74) is 10.2. The molecule has 0 heterocycles. The molecule has 0 saturated heterocycles. The molecule has 2 aliphatic rings. The normalized spacial score (nSPS) is 16.9. The summed E-state index contributed by atoms with van der Waals surface area (Å²) in [6, 6.07) is 26.7. The van der Waals surface area contributed by atoms with Crippen molar-refractivity contribution in [1.29, 1.82) is 0 Å². The Kier molecular flexibility index (Phi) is 5.40. The molecule has 0 saturated carbocycles. The second-order valence-electron chi connectivity index (χ2n) is 6.31. The third kappa shape index (κ3) is 2.78. The minimum atomic E-state index is 0. The summed E-state index contributed by atoms with van der Waals surface area (Å²) in [7, 11) is 0. The third-order valence-corrected chi connectivity index (χ3v) is 6.71. The summed E-state index contributed by atoms with van der Waals surface area (Å²) in [6.07, 6.45) is 2.44. The van der Waals surface area contributed by atoms with E-state index in [-0.39, 0.29) is 24.8 Å². The second-order valence-corrected chi connectivity index (χ2v) is 7.73. The zero-order valence-electron chi connectivity index (χ0n) is 13.4. The van der Waals surface area contributed by atoms with Crippen LogP contribution in [0, 0.1) is 0 Å². The van der Waals surface area contributed by atoms with E-state index in [1.54, 1.807) is 30.3 Å². The van der Waals surface area contributed by atoms with Crippen LogP contribution in [0.5, 0.6) is 0 Å². The number of allylic oxidation sites excluding steroid dienone is 1. The molecule has 2 aliphatic carbocycles. The standard InChI is InChI=1S/C22H15.2ClH.Zr/c1-2-8-16-14-17(13-15(16)7-1)22-20-11-5-3-9-18(20)19-10-4-6-12-21(19)22;;;/h1-14,22H;2*1H;/q;;;+2/p-2. The first kappa shape index (κ1) is 18.6. The Hall–Kier alpha value is -1.14. The molecule has 0 N–H and O–H groups in total. The van der Waals surface area contributed by atoms with Gasteiger partial charge in [-0.2, -0.15) is 0 Å². The van der Waals surface area contributed by atoms with Gasteiger partial charge < -0.3 is 24.8 Å². The van der Waals surface area contributed by atoms with Crippen molar-refractivity contribution in [3.8, 4) is 11.1 Å². The van der Waals surface area contributed by atoms with Crippen molar-refractivity contribution in [2.24, 2.45) is 0 Å². The molecule has 3 aromatic carbocycles. The van der Waals surface area contributed by atoms with Gasteiger partial charge in [0, 0.05) is 0 Å². The summed E-state index contributed by atoms with van der Waals surface area (Å²) >= 11 is 1.58. The van der Waals surface area contributed by atoms with Gasteiger partial charge in [-0.3, -0.25) is 0 Å². The van der Waals surface area contributed by atoms with Crippen LogP contribution in [0.2, 0.25) is 0 Å². The van der Waals surface area contributed by atoms with Gasteiger partial charge in [-0.1, -0.05) is 0 Å². The number of rotatable bonds is 1. The molecule has 25 heavy (non-hydrogen) atoms. The van der Waals surface area contributed by atoms with E-state index in [4.69, 9.17) is 0 Å². The average Bonchev–Trinajstić information content (AvgIpc) is 3.11. The topological polar surface area (TPSA) is 0 Å². The Bertz CT molecular complexity index is 916. The molecule has 1 unspecified atom stereocenters. The molecule has 0 bridgehead atoms. The number of benzene rings is 3. The quantitative estimate of drug-likeness (QED) is 0.478. The van der Waals surface area contributed by atoms with Gasteiger partial charge in [-0.05, 0) is 0 Å². The van der Waals surface area contributed by atoms with Gasteiger partial charge in [0.2, 0.25) is 0 Å². The molecule has 121 valence electrons. The van der Waals surface area contributed by atoms with Crippen LogP contribution in [-0.4, -0.2) is 0 Å². The molecule has 3 heteroatoms. The van der Waals surface area contributed by atoms with Crippen LogP contribution in [0.25, 0.3) is 17.2 Å². The van der Waals surface area contributed by atoms with Crippen molar-refractivity contribution in [2.75, 3.05) is 0 Å². The van der Waals surface area contributed by atoms with Crippen molar-refractivity contribution >= 4 is 6.08 Å². The van der Waals surface area contributed by atoms with E-state index in [1.165, 1.54) is 33.4 Å². The van der Waals surface area contributed by atoms with E-state index in [0.29, 0.717) is 9.54 Å². The van der Waals surface area contributed by atoms with E-state index in [1.807, 2.05) is 0 Å². The molecular weight excluding hydrogens is 426 g/mol. The molecule has 0 amide bonds. The van der Waals surface area contributed by atoms with Gasteiger partial charge in [-0.15, -0.1) is 0 Å². The summed E-state index contributed by atoms with van der Waals surface area (Å²) in [5.74, 6) is 0.416. The van der Waals surface area contributed by atoms with Crippen molar-refractivity contribution in [3.05, 3.63) is 101 Å². The number of halogens is 2. The Morgan fingerprint density at radius 2 is 1.08 bits per heavy atom. The average molecular weight is 441 g/mol. The van der Waals surface area contributed by atoms with E-state index >= 15 is 0 Å². The van der Waals surface area contributed by atoms with Crippen molar-refractivity contribution in [1.82, 2.24) is 0 Å². The van der Waals surface area contributed by atoms with Crippen molar-refractivity contribution < 1.29 is 49.5 Å². The van der Waals surface area contributed by atoms with Crippen LogP contribution in [0.1, 0.15) is 31.8 Å². The maximum absolute atomic E-state index is 2.44. The Labute approximate surface area is 176 Å². The fourth-order valence-electron chi connectivity index (χ4n) is 4.11. The maximum atomic E-state index is 2.44. The van der Waals surface area contributed by atoms with Gasteiger partial charge >= 0.3 is 152 Å². The van der Waals surface area contributed by atoms with E-state index in [2.05, 4.69) is 78.9 Å². The molecule has 0 aromatic heterocycles. The van der Waals surface area contributed by atoms with Gasteiger partial charge in [-0.25, -0.2) is 0 Å². The van der Waals surface area contributed by atoms with Crippen LogP contribution in [0.3, 0.4) is 0 Å². The van der Waals surface area contributed by atoms with Crippen molar-refractivity contribution in [2.45, 2.75) is 9.54 Å². The van der Waals surface area contributed by atoms with Gasteiger partial charge in [0.25, 0.3) is 0 Å². The molecule has 0 fully saturated rings. The van der Waals surface area contributed by atoms with Crippen LogP contribution in [0.4, 0.5) is 0 Å². The summed E-state index contributed by atoms with van der Waals surface area (Å²) in [5, 5.41) is 0. The van der Waals surface area contributed by atoms with E-state index in [0.717, 1.165) is 0 Å². The molecular formula is C22H15Cl2Zr. The monoisotopic (exact) mass is 439 g/mol. The van der Waals surface area contributed by atoms with Gasteiger partial charge in [0.1, 0.15) is 0 Å². The first-order valence-electron chi connectivity index (χ1n) is 8.04. The van der Waals surface area contributed by atoms with Gasteiger partial charge in [0.05, 0.1) is 0 Å². The second kappa shape index (κ2) is 7.24. The Morgan fingerprint density at radius 3 is 1.64 bits per heavy atom. The fourth-order valence-corrected chi connectivity index (χ4v) is 5.37. The fraction of sp³-hybridized carbons (Fsp3) is 0.0909. The van der Waals surface area contributed by atoms with Crippen LogP contribution in [0.15, 0.2) is 78.4 Å². The minimum absolute atomic E-state index is 0. The molecule has 0 aliphatic heterocycles. The van der Waals surface area contributed by atoms with Crippen LogP contribution < -0.4 is 24.8 Å². The predicted octanol–water partition coefficient (Wildman–Crippen LogP) is -0.508. The molecule has 0 radical (unpaired) electrons. The number of hydrogen-bond donors (Lipinski definition) is 0. The third-order valence-electron chi connectivity index (χ3n) is 5.13. The molecule has 5 rings (SSSR count). The van der Waals surface area contributed by atoms with E-state index in [9.17, 15) is 0 Å². The number of hydrogen-bond acceptors (Lipinski definition) is 0. The molecule has 1 atom stereocenters. The number of fused-ring (bicyclic) bond motifs is 4. The van der Waals surface area contributed by atoms with Crippen LogP contribution in [-0.2, 0) is 24.7 Å². The Balaban J connectivity index is 0.000000911. The molecule has 3 aromatic rings. The first-order chi connectivity index (χ1) is 11.3. The van der Waals surface area contributed by atoms with Gasteiger partial charge in [0.15, 0.2) is 0 Å². The molecule has 0 nitrogen and oxygen atoms in total. The zero-order chi connectivity index (χ0) is 15.4. The summed E-state index contributed by atoms with van der Waals surface area (Å²) in [4.78, 5) is 0. The zero-order valence-corrected chi connectivity index (χ0v) is 17.4. The molecule has 0 spiro atoms. The first-order valence-corrected chi connectivity index (χ1v) is 9.46. The summed E-state index contributed by atoms with van der Waals surface area (Å²) in [6.45, 7) is 0. The van der Waals surface area contributed by atoms with Crippen LogP contribution >= 0.6 is 0 Å². The van der Waals surface area contributed by atoms with Crippen molar-refractivity contribution in [3.63, 3.8) is 0 Å². The van der Waals surface area contributed by atoms with E-state index < -0.39 is 0 Å². The Morgan fingerprint density at radius 1 is 0.600 bits per heavy atom. The SMILES string of the molecule is [Cl-].[Cl-].[Zr+2][CH]1C(C2c3ccccc3-c3ccccc32)=Cc2ccccc21.